The third-order valence-electron chi connectivity index (χ3n) is 2.29. The molecule has 0 radical (unpaired) electrons. The minimum absolute atomic E-state index is 0.0880. The maximum atomic E-state index is 12.3. The molecule has 4 heteroatoms. The van der Waals surface area contributed by atoms with Crippen molar-refractivity contribution in [1.29, 1.82) is 0 Å². The van der Waals surface area contributed by atoms with E-state index in [0.29, 0.717) is 16.1 Å². The molecule has 0 atom stereocenters. The van der Waals surface area contributed by atoms with Crippen LogP contribution in [0.4, 0.5) is 0 Å². The van der Waals surface area contributed by atoms with E-state index in [1.165, 1.54) is 0 Å². The van der Waals surface area contributed by atoms with Crippen molar-refractivity contribution in [2.24, 2.45) is 0 Å². The summed E-state index contributed by atoms with van der Waals surface area (Å²) in [6.45, 7) is 0. The van der Waals surface area contributed by atoms with Gasteiger partial charge in [0.2, 0.25) is 0 Å². The fraction of sp³-hybridized carbons (Fsp3) is 0. The molecular weight excluding hydrogens is 367 g/mol. The van der Waals surface area contributed by atoms with Crippen molar-refractivity contribution in [1.82, 2.24) is 0 Å². The van der Waals surface area contributed by atoms with Gasteiger partial charge in [-0.05, 0) is 46.3 Å². The van der Waals surface area contributed by atoms with Gasteiger partial charge in [0.25, 0.3) is 0 Å². The highest BCUT2D eigenvalue weighted by molar-refractivity contribution is 9.11. The van der Waals surface area contributed by atoms with Crippen molar-refractivity contribution in [3.63, 3.8) is 0 Å². The van der Waals surface area contributed by atoms with E-state index in [0.717, 1.165) is 8.95 Å². The Hall–Kier alpha value is -0.640. The van der Waals surface area contributed by atoms with Crippen LogP contribution in [-0.2, 0) is 0 Å². The molecule has 2 aromatic rings. The zero-order valence-electron chi connectivity index (χ0n) is 8.58. The van der Waals surface area contributed by atoms with E-state index in [1.54, 1.807) is 30.3 Å². The molecule has 0 saturated heterocycles. The highest BCUT2D eigenvalue weighted by Crippen LogP contribution is 2.26. The first kappa shape index (κ1) is 12.8. The molecule has 0 aromatic heterocycles. The van der Waals surface area contributed by atoms with Crippen molar-refractivity contribution in [3.8, 4) is 0 Å². The molecule has 86 valence electrons. The van der Waals surface area contributed by atoms with Gasteiger partial charge in [-0.15, -0.1) is 0 Å². The molecular formula is C13H7Br2ClO. The quantitative estimate of drug-likeness (QED) is 0.669. The second kappa shape index (κ2) is 5.34. The summed E-state index contributed by atoms with van der Waals surface area (Å²) < 4.78 is 1.66. The molecule has 0 saturated carbocycles. The van der Waals surface area contributed by atoms with Crippen LogP contribution in [0.15, 0.2) is 51.4 Å². The summed E-state index contributed by atoms with van der Waals surface area (Å²) in [5.41, 5.74) is 1.11. The van der Waals surface area contributed by atoms with Crippen molar-refractivity contribution in [3.05, 3.63) is 67.6 Å². The molecule has 17 heavy (non-hydrogen) atoms. The summed E-state index contributed by atoms with van der Waals surface area (Å²) in [5.74, 6) is -0.0880. The number of carbonyl (C=O) groups excluding carboxylic acids is 1. The van der Waals surface area contributed by atoms with Gasteiger partial charge >= 0.3 is 0 Å². The highest BCUT2D eigenvalue weighted by atomic mass is 79.9. The van der Waals surface area contributed by atoms with Gasteiger partial charge in [-0.25, -0.2) is 0 Å². The Morgan fingerprint density at radius 1 is 1.00 bits per heavy atom. The lowest BCUT2D eigenvalue weighted by Crippen LogP contribution is -2.02. The molecule has 0 amide bonds. The lowest BCUT2D eigenvalue weighted by molar-refractivity contribution is 0.103. The van der Waals surface area contributed by atoms with Crippen LogP contribution < -0.4 is 0 Å². The fourth-order valence-corrected chi connectivity index (χ4v) is 2.91. The van der Waals surface area contributed by atoms with Crippen LogP contribution in [0.3, 0.4) is 0 Å². The molecule has 1 nitrogen and oxygen atoms in total. The predicted octanol–water partition coefficient (Wildman–Crippen LogP) is 5.10. The Morgan fingerprint density at radius 2 is 1.71 bits per heavy atom. The number of ketones is 1. The predicted molar refractivity (Wildman–Crippen MR) is 76.7 cm³/mol. The lowest BCUT2D eigenvalue weighted by Gasteiger charge is -2.05. The van der Waals surface area contributed by atoms with Crippen LogP contribution in [0.25, 0.3) is 0 Å². The summed E-state index contributed by atoms with van der Waals surface area (Å²) in [7, 11) is 0. The Bertz CT molecular complexity index is 581. The third kappa shape index (κ3) is 2.79. The monoisotopic (exact) mass is 372 g/mol. The molecule has 0 fully saturated rings. The number of hydrogen-bond donors (Lipinski definition) is 0. The maximum absolute atomic E-state index is 12.3. The van der Waals surface area contributed by atoms with Gasteiger partial charge in [-0.2, -0.15) is 0 Å². The summed E-state index contributed by atoms with van der Waals surface area (Å²) in [5, 5.41) is 0.465. The van der Waals surface area contributed by atoms with Gasteiger partial charge in [0, 0.05) is 20.1 Å². The largest absolute Gasteiger partial charge is 0.289 e. The Labute approximate surface area is 121 Å². The van der Waals surface area contributed by atoms with Crippen LogP contribution in [0.5, 0.6) is 0 Å². The van der Waals surface area contributed by atoms with Crippen molar-refractivity contribution < 1.29 is 4.79 Å². The van der Waals surface area contributed by atoms with Crippen LogP contribution in [0, 0.1) is 0 Å². The average molecular weight is 374 g/mol. The number of halogens is 3. The van der Waals surface area contributed by atoms with Crippen LogP contribution in [0.2, 0.25) is 5.02 Å². The summed E-state index contributed by atoms with van der Waals surface area (Å²) in [4.78, 5) is 12.3. The molecule has 0 aliphatic rings. The lowest BCUT2D eigenvalue weighted by atomic mass is 10.0. The first-order valence-electron chi connectivity index (χ1n) is 4.84. The smallest absolute Gasteiger partial charge is 0.195 e. The number of benzene rings is 2. The molecule has 0 bridgehead atoms. The van der Waals surface area contributed by atoms with E-state index in [4.69, 9.17) is 11.6 Å². The number of hydrogen-bond acceptors (Lipinski definition) is 1. The molecule has 2 rings (SSSR count). The third-order valence-corrected chi connectivity index (χ3v) is 3.77. The van der Waals surface area contributed by atoms with Gasteiger partial charge in [0.15, 0.2) is 5.78 Å². The van der Waals surface area contributed by atoms with E-state index in [2.05, 4.69) is 31.9 Å². The normalized spacial score (nSPS) is 10.3. The molecule has 2 aromatic carbocycles. The highest BCUT2D eigenvalue weighted by Gasteiger charge is 2.15. The summed E-state index contributed by atoms with van der Waals surface area (Å²) in [6, 6.07) is 12.5. The topological polar surface area (TPSA) is 17.1 Å². The van der Waals surface area contributed by atoms with Gasteiger partial charge in [-0.3, -0.25) is 4.79 Å². The van der Waals surface area contributed by atoms with E-state index in [-0.39, 0.29) is 5.78 Å². The Balaban J connectivity index is 2.48. The van der Waals surface area contributed by atoms with E-state index < -0.39 is 0 Å². The minimum Gasteiger partial charge on any atom is -0.289 e. The molecule has 0 aliphatic carbocycles. The Kier molecular flexibility index (Phi) is 4.02. The standard InChI is InChI=1S/C13H7Br2ClO/c14-8-5-6-9(11(15)7-8)13(17)10-3-1-2-4-12(10)16/h1-7H. The van der Waals surface area contributed by atoms with Crippen LogP contribution >= 0.6 is 43.5 Å². The Morgan fingerprint density at radius 3 is 2.35 bits per heavy atom. The number of rotatable bonds is 2. The molecule has 0 spiro atoms. The molecule has 0 N–H and O–H groups in total. The fourth-order valence-electron chi connectivity index (χ4n) is 1.46. The molecule has 0 heterocycles. The van der Waals surface area contributed by atoms with Gasteiger partial charge in [0.1, 0.15) is 0 Å². The average Bonchev–Trinajstić information content (AvgIpc) is 2.29. The summed E-state index contributed by atoms with van der Waals surface area (Å²) in [6.07, 6.45) is 0. The summed E-state index contributed by atoms with van der Waals surface area (Å²) >= 11 is 12.7. The zero-order chi connectivity index (χ0) is 12.4. The van der Waals surface area contributed by atoms with Gasteiger partial charge < -0.3 is 0 Å². The van der Waals surface area contributed by atoms with Crippen molar-refractivity contribution >= 4 is 49.2 Å². The second-order valence-electron chi connectivity index (χ2n) is 3.43. The SMILES string of the molecule is O=C(c1ccccc1Cl)c1ccc(Br)cc1Br. The van der Waals surface area contributed by atoms with E-state index in [1.807, 2.05) is 12.1 Å². The van der Waals surface area contributed by atoms with Crippen molar-refractivity contribution in [2.75, 3.05) is 0 Å². The van der Waals surface area contributed by atoms with E-state index >= 15 is 0 Å². The zero-order valence-corrected chi connectivity index (χ0v) is 12.5. The molecule has 0 aliphatic heterocycles. The molecule has 0 unspecified atom stereocenters. The number of carbonyl (C=O) groups is 1. The first-order chi connectivity index (χ1) is 8.09. The van der Waals surface area contributed by atoms with Gasteiger partial charge in [0.05, 0.1) is 5.02 Å². The van der Waals surface area contributed by atoms with Gasteiger partial charge in [-0.1, -0.05) is 39.7 Å². The van der Waals surface area contributed by atoms with Crippen LogP contribution in [-0.4, -0.2) is 5.78 Å². The van der Waals surface area contributed by atoms with E-state index in [9.17, 15) is 4.79 Å². The van der Waals surface area contributed by atoms with Crippen molar-refractivity contribution in [2.45, 2.75) is 0 Å². The maximum Gasteiger partial charge on any atom is 0.195 e. The first-order valence-corrected chi connectivity index (χ1v) is 6.80. The van der Waals surface area contributed by atoms with Crippen LogP contribution in [0.1, 0.15) is 15.9 Å². The second-order valence-corrected chi connectivity index (χ2v) is 5.61. The minimum atomic E-state index is -0.0880.